The normalized spacial score (nSPS) is 32.9. The van der Waals surface area contributed by atoms with Crippen molar-refractivity contribution in [3.8, 4) is 0 Å². The number of rotatable bonds is 3. The summed E-state index contributed by atoms with van der Waals surface area (Å²) >= 11 is 0. The summed E-state index contributed by atoms with van der Waals surface area (Å²) in [6.07, 6.45) is 4.91. The van der Waals surface area contributed by atoms with Crippen LogP contribution in [0.2, 0.25) is 0 Å². The first-order chi connectivity index (χ1) is 7.77. The number of aliphatic hydroxyl groups is 1. The van der Waals surface area contributed by atoms with Crippen LogP contribution in [0.4, 0.5) is 0 Å². The highest BCUT2D eigenvalue weighted by Crippen LogP contribution is 2.24. The van der Waals surface area contributed by atoms with Crippen LogP contribution < -0.4 is 10.6 Å². The van der Waals surface area contributed by atoms with Gasteiger partial charge in [-0.25, -0.2) is 0 Å². The first kappa shape index (κ1) is 14.7. The maximum atomic E-state index is 11.8. The van der Waals surface area contributed by atoms with E-state index in [1.54, 1.807) is 0 Å². The molecule has 1 amide bonds. The van der Waals surface area contributed by atoms with Crippen molar-refractivity contribution in [3.05, 3.63) is 0 Å². The maximum absolute atomic E-state index is 11.8. The molecule has 3 atom stereocenters. The van der Waals surface area contributed by atoms with E-state index in [1.165, 1.54) is 0 Å². The van der Waals surface area contributed by atoms with Crippen molar-refractivity contribution >= 4 is 18.3 Å². The summed E-state index contributed by atoms with van der Waals surface area (Å²) in [6, 6.07) is 0. The molecule has 3 N–H and O–H groups in total. The number of carbonyl (C=O) groups excluding carboxylic acids is 1. The van der Waals surface area contributed by atoms with Crippen molar-refractivity contribution in [3.63, 3.8) is 0 Å². The Hall–Kier alpha value is -0.320. The predicted molar refractivity (Wildman–Crippen MR) is 69.2 cm³/mol. The molecule has 1 aliphatic heterocycles. The molecule has 5 heteroatoms. The lowest BCUT2D eigenvalue weighted by Crippen LogP contribution is -2.42. The molecule has 1 heterocycles. The Morgan fingerprint density at radius 1 is 1.29 bits per heavy atom. The minimum Gasteiger partial charge on any atom is -0.393 e. The van der Waals surface area contributed by atoms with Crippen molar-refractivity contribution in [1.82, 2.24) is 10.6 Å². The third-order valence-electron chi connectivity index (χ3n) is 3.83. The third kappa shape index (κ3) is 4.12. The molecule has 2 fully saturated rings. The molecule has 1 aliphatic carbocycles. The van der Waals surface area contributed by atoms with Gasteiger partial charge in [-0.2, -0.15) is 0 Å². The number of aliphatic hydroxyl groups excluding tert-OH is 1. The summed E-state index contributed by atoms with van der Waals surface area (Å²) in [5, 5.41) is 15.9. The largest absolute Gasteiger partial charge is 0.393 e. The maximum Gasteiger partial charge on any atom is 0.224 e. The van der Waals surface area contributed by atoms with Gasteiger partial charge in [-0.3, -0.25) is 4.79 Å². The molecule has 0 aromatic heterocycles. The van der Waals surface area contributed by atoms with Gasteiger partial charge in [0.05, 0.1) is 12.0 Å². The molecule has 0 radical (unpaired) electrons. The summed E-state index contributed by atoms with van der Waals surface area (Å²) in [6.45, 7) is 2.49. The summed E-state index contributed by atoms with van der Waals surface area (Å²) < 4.78 is 0. The van der Waals surface area contributed by atoms with Crippen LogP contribution >= 0.6 is 12.4 Å². The van der Waals surface area contributed by atoms with E-state index in [0.29, 0.717) is 6.54 Å². The quantitative estimate of drug-likeness (QED) is 0.701. The van der Waals surface area contributed by atoms with E-state index in [9.17, 15) is 9.90 Å². The Kier molecular flexibility index (Phi) is 6.23. The number of carbonyl (C=O) groups is 1. The van der Waals surface area contributed by atoms with Crippen LogP contribution in [-0.2, 0) is 4.79 Å². The lowest BCUT2D eigenvalue weighted by Gasteiger charge is -2.23. The smallest absolute Gasteiger partial charge is 0.224 e. The molecule has 100 valence electrons. The Morgan fingerprint density at radius 2 is 2.12 bits per heavy atom. The Balaban J connectivity index is 0.00000144. The van der Waals surface area contributed by atoms with E-state index in [-0.39, 0.29) is 36.3 Å². The monoisotopic (exact) mass is 262 g/mol. The zero-order valence-electron chi connectivity index (χ0n) is 10.2. The number of amides is 1. The van der Waals surface area contributed by atoms with Gasteiger partial charge in [0.2, 0.25) is 5.91 Å². The fourth-order valence-corrected chi connectivity index (χ4v) is 2.71. The van der Waals surface area contributed by atoms with Crippen LogP contribution in [-0.4, -0.2) is 36.8 Å². The van der Waals surface area contributed by atoms with Crippen LogP contribution in [0.5, 0.6) is 0 Å². The highest BCUT2D eigenvalue weighted by Gasteiger charge is 2.27. The van der Waals surface area contributed by atoms with E-state index in [2.05, 4.69) is 10.6 Å². The minimum atomic E-state index is -0.204. The van der Waals surface area contributed by atoms with Crippen molar-refractivity contribution in [2.24, 2.45) is 11.8 Å². The van der Waals surface area contributed by atoms with E-state index in [4.69, 9.17) is 0 Å². The average molecular weight is 263 g/mol. The number of halogens is 1. The van der Waals surface area contributed by atoms with Gasteiger partial charge in [0.1, 0.15) is 0 Å². The topological polar surface area (TPSA) is 61.4 Å². The molecule has 0 aromatic carbocycles. The van der Waals surface area contributed by atoms with Gasteiger partial charge in [0.15, 0.2) is 0 Å². The lowest BCUT2D eigenvalue weighted by atomic mass is 9.98. The van der Waals surface area contributed by atoms with Crippen LogP contribution in [0.15, 0.2) is 0 Å². The third-order valence-corrected chi connectivity index (χ3v) is 3.83. The average Bonchev–Trinajstić information content (AvgIpc) is 2.73. The lowest BCUT2D eigenvalue weighted by molar-refractivity contribution is -0.125. The van der Waals surface area contributed by atoms with Crippen molar-refractivity contribution in [2.75, 3.05) is 19.6 Å². The van der Waals surface area contributed by atoms with E-state index >= 15 is 0 Å². The van der Waals surface area contributed by atoms with Crippen LogP contribution in [0.25, 0.3) is 0 Å². The first-order valence-electron chi connectivity index (χ1n) is 6.44. The van der Waals surface area contributed by atoms with Crippen LogP contribution in [0, 0.1) is 11.8 Å². The van der Waals surface area contributed by atoms with E-state index < -0.39 is 0 Å². The second kappa shape index (κ2) is 7.19. The number of hydrogen-bond acceptors (Lipinski definition) is 3. The molecule has 2 rings (SSSR count). The summed E-state index contributed by atoms with van der Waals surface area (Å²) in [5.74, 6) is 0.569. The molecule has 1 saturated heterocycles. The second-order valence-electron chi connectivity index (χ2n) is 5.05. The molecule has 0 spiro atoms. The molecule has 2 aliphatic rings. The van der Waals surface area contributed by atoms with Crippen molar-refractivity contribution in [1.29, 1.82) is 0 Å². The number of piperidine rings is 1. The van der Waals surface area contributed by atoms with Crippen LogP contribution in [0.3, 0.4) is 0 Å². The summed E-state index contributed by atoms with van der Waals surface area (Å²) in [4.78, 5) is 11.8. The van der Waals surface area contributed by atoms with Gasteiger partial charge in [0.25, 0.3) is 0 Å². The Bertz CT molecular complexity index is 245. The highest BCUT2D eigenvalue weighted by molar-refractivity contribution is 5.85. The van der Waals surface area contributed by atoms with Crippen molar-refractivity contribution in [2.45, 2.75) is 38.2 Å². The van der Waals surface area contributed by atoms with Crippen LogP contribution in [0.1, 0.15) is 32.1 Å². The molecular formula is C12H23ClN2O2. The molecule has 1 saturated carbocycles. The van der Waals surface area contributed by atoms with Gasteiger partial charge in [0, 0.05) is 19.0 Å². The molecule has 0 bridgehead atoms. The zero-order valence-corrected chi connectivity index (χ0v) is 11.0. The van der Waals surface area contributed by atoms with Gasteiger partial charge < -0.3 is 15.7 Å². The standard InChI is InChI=1S/C12H22N2O2.ClH/c15-11-5-1-3-9(11)8-14-12(16)10-4-2-6-13-7-10;/h9-11,13,15H,1-8H2,(H,14,16);1H. The fourth-order valence-electron chi connectivity index (χ4n) is 2.71. The van der Waals surface area contributed by atoms with Crippen molar-refractivity contribution < 1.29 is 9.90 Å². The Labute approximate surface area is 109 Å². The number of nitrogens with one attached hydrogen (secondary N) is 2. The van der Waals surface area contributed by atoms with Gasteiger partial charge in [-0.05, 0) is 32.2 Å². The molecule has 0 aromatic rings. The van der Waals surface area contributed by atoms with Gasteiger partial charge >= 0.3 is 0 Å². The Morgan fingerprint density at radius 3 is 2.71 bits per heavy atom. The summed E-state index contributed by atoms with van der Waals surface area (Å²) in [5.41, 5.74) is 0. The molecular weight excluding hydrogens is 240 g/mol. The zero-order chi connectivity index (χ0) is 11.4. The molecule has 17 heavy (non-hydrogen) atoms. The van der Waals surface area contributed by atoms with E-state index in [0.717, 1.165) is 45.2 Å². The summed E-state index contributed by atoms with van der Waals surface area (Å²) in [7, 11) is 0. The van der Waals surface area contributed by atoms with Gasteiger partial charge in [-0.15, -0.1) is 12.4 Å². The minimum absolute atomic E-state index is 0. The fraction of sp³-hybridized carbons (Fsp3) is 0.917. The van der Waals surface area contributed by atoms with Gasteiger partial charge in [-0.1, -0.05) is 6.42 Å². The molecule has 3 unspecified atom stereocenters. The molecule has 4 nitrogen and oxygen atoms in total. The second-order valence-corrected chi connectivity index (χ2v) is 5.05. The predicted octanol–water partition coefficient (Wildman–Crippen LogP) is 0.685. The van der Waals surface area contributed by atoms with E-state index in [1.807, 2.05) is 0 Å². The highest BCUT2D eigenvalue weighted by atomic mass is 35.5. The number of hydrogen-bond donors (Lipinski definition) is 3. The first-order valence-corrected chi connectivity index (χ1v) is 6.44. The SMILES string of the molecule is Cl.O=C(NCC1CCCC1O)C1CCCNC1.